The van der Waals surface area contributed by atoms with Crippen LogP contribution in [-0.2, 0) is 0 Å². The highest BCUT2D eigenvalue weighted by molar-refractivity contribution is 5.94. The first-order valence-electron chi connectivity index (χ1n) is 11.3. The Labute approximate surface area is 200 Å². The highest BCUT2D eigenvalue weighted by Gasteiger charge is 2.31. The number of hydrogen-bond acceptors (Lipinski definition) is 4. The maximum atomic E-state index is 12.9. The van der Waals surface area contributed by atoms with E-state index in [9.17, 15) is 22.8 Å². The van der Waals surface area contributed by atoms with Crippen molar-refractivity contribution in [1.82, 2.24) is 15.2 Å². The maximum Gasteiger partial charge on any atom is 0.573 e. The minimum absolute atomic E-state index is 0.0920. The molecule has 1 aromatic heterocycles. The van der Waals surface area contributed by atoms with Gasteiger partial charge in [0.1, 0.15) is 5.75 Å². The molecule has 4 rings (SSSR count). The predicted octanol–water partition coefficient (Wildman–Crippen LogP) is 5.14. The van der Waals surface area contributed by atoms with Gasteiger partial charge in [-0.05, 0) is 67.7 Å². The van der Waals surface area contributed by atoms with E-state index in [1.54, 1.807) is 17.2 Å². The van der Waals surface area contributed by atoms with Crippen LogP contribution in [0, 0.1) is 0 Å². The summed E-state index contributed by atoms with van der Waals surface area (Å²) < 4.78 is 40.5. The molecule has 184 valence electrons. The van der Waals surface area contributed by atoms with Gasteiger partial charge in [-0.15, -0.1) is 13.2 Å². The lowest BCUT2D eigenvalue weighted by molar-refractivity contribution is -0.274. The number of allylic oxidation sites excluding steroid dienone is 4. The third-order valence-electron chi connectivity index (χ3n) is 5.82. The molecule has 2 N–H and O–H groups in total. The number of carbonyl (C=O) groups is 2. The number of nitrogens with zero attached hydrogens (tertiary/aromatic N) is 2. The van der Waals surface area contributed by atoms with Crippen LogP contribution in [0.1, 0.15) is 41.7 Å². The summed E-state index contributed by atoms with van der Waals surface area (Å²) in [5.41, 5.74) is 2.90. The van der Waals surface area contributed by atoms with Crippen molar-refractivity contribution in [1.29, 1.82) is 0 Å². The molecule has 1 aliphatic carbocycles. The van der Waals surface area contributed by atoms with Crippen LogP contribution in [0.2, 0.25) is 0 Å². The number of rotatable bonds is 5. The molecule has 0 radical (unpaired) electrons. The van der Waals surface area contributed by atoms with Gasteiger partial charge < -0.3 is 20.3 Å². The lowest BCUT2D eigenvalue weighted by Crippen LogP contribution is -2.47. The number of pyridine rings is 1. The van der Waals surface area contributed by atoms with Crippen molar-refractivity contribution in [2.75, 3.05) is 18.4 Å². The summed E-state index contributed by atoms with van der Waals surface area (Å²) in [5, 5.41) is 5.43. The van der Waals surface area contributed by atoms with Crippen LogP contribution in [0.5, 0.6) is 5.75 Å². The molecule has 1 saturated heterocycles. The molecule has 2 heterocycles. The molecule has 1 aliphatic heterocycles. The smallest absolute Gasteiger partial charge is 0.406 e. The van der Waals surface area contributed by atoms with E-state index in [-0.39, 0.29) is 17.7 Å². The second kappa shape index (κ2) is 10.6. The molecule has 0 bridgehead atoms. The third kappa shape index (κ3) is 6.84. The third-order valence-corrected chi connectivity index (χ3v) is 5.82. The Balaban J connectivity index is 1.23. The standard InChI is InChI=1S/C25H25F3N4O3/c26-25(27,28)35-21-9-7-19(8-10-21)30-24(34)31-20-12-14-32(15-13-20)23(33)18-6-11-22(29-16-18)17-4-2-1-3-5-17/h1-2,4,6-11,16,20H,3,5,12-15H2,(H2,30,31,34). The van der Waals surface area contributed by atoms with E-state index in [4.69, 9.17) is 0 Å². The van der Waals surface area contributed by atoms with Gasteiger partial charge in [0.05, 0.1) is 11.3 Å². The van der Waals surface area contributed by atoms with E-state index < -0.39 is 12.4 Å². The Bertz CT molecular complexity index is 1100. The van der Waals surface area contributed by atoms with Gasteiger partial charge in [0.2, 0.25) is 0 Å². The molecule has 3 amide bonds. The fraction of sp³-hybridized carbons (Fsp3) is 0.320. The summed E-state index contributed by atoms with van der Waals surface area (Å²) in [6, 6.07) is 7.97. The molecule has 2 aromatic rings. The molecular formula is C25H25F3N4O3. The molecule has 0 spiro atoms. The van der Waals surface area contributed by atoms with Crippen molar-refractivity contribution < 1.29 is 27.5 Å². The fourth-order valence-electron chi connectivity index (χ4n) is 4.03. The number of hydrogen-bond donors (Lipinski definition) is 2. The van der Waals surface area contributed by atoms with Crippen molar-refractivity contribution in [3.8, 4) is 5.75 Å². The zero-order valence-electron chi connectivity index (χ0n) is 18.8. The van der Waals surface area contributed by atoms with E-state index in [1.807, 2.05) is 18.2 Å². The summed E-state index contributed by atoms with van der Waals surface area (Å²) in [5.74, 6) is -0.459. The molecule has 0 saturated carbocycles. The Morgan fingerprint density at radius 2 is 1.80 bits per heavy atom. The topological polar surface area (TPSA) is 83.6 Å². The second-order valence-corrected chi connectivity index (χ2v) is 8.33. The summed E-state index contributed by atoms with van der Waals surface area (Å²) in [6.07, 6.45) is 6.09. The van der Waals surface area contributed by atoms with Gasteiger partial charge in [-0.25, -0.2) is 4.79 Å². The summed E-state index contributed by atoms with van der Waals surface area (Å²) in [4.78, 5) is 31.3. The van der Waals surface area contributed by atoms with Crippen LogP contribution in [-0.4, -0.2) is 47.3 Å². The van der Waals surface area contributed by atoms with Crippen LogP contribution in [0.4, 0.5) is 23.7 Å². The van der Waals surface area contributed by atoms with Crippen LogP contribution < -0.4 is 15.4 Å². The Morgan fingerprint density at radius 3 is 2.40 bits per heavy atom. The largest absolute Gasteiger partial charge is 0.573 e. The number of amides is 3. The van der Waals surface area contributed by atoms with E-state index in [0.29, 0.717) is 37.2 Å². The van der Waals surface area contributed by atoms with Crippen molar-refractivity contribution in [2.24, 2.45) is 0 Å². The highest BCUT2D eigenvalue weighted by atomic mass is 19.4. The van der Waals surface area contributed by atoms with Gasteiger partial charge in [0.15, 0.2) is 0 Å². The Morgan fingerprint density at radius 1 is 1.06 bits per heavy atom. The first-order valence-corrected chi connectivity index (χ1v) is 11.3. The SMILES string of the molecule is O=C(Nc1ccc(OC(F)(F)F)cc1)NC1CCN(C(=O)c2ccc(C3=CC=CCC3)nc2)CC1. The number of aromatic nitrogens is 1. The van der Waals surface area contributed by atoms with Gasteiger partial charge in [0.25, 0.3) is 5.91 Å². The Hall–Kier alpha value is -3.82. The van der Waals surface area contributed by atoms with Crippen molar-refractivity contribution >= 4 is 23.2 Å². The molecule has 2 aliphatic rings. The number of anilines is 1. The lowest BCUT2D eigenvalue weighted by Gasteiger charge is -2.32. The number of urea groups is 1. The van der Waals surface area contributed by atoms with Crippen molar-refractivity contribution in [3.05, 3.63) is 72.1 Å². The van der Waals surface area contributed by atoms with Crippen LogP contribution in [0.15, 0.2) is 60.8 Å². The normalized spacial score (nSPS) is 16.4. The number of carbonyl (C=O) groups excluding carboxylic acids is 2. The number of alkyl halides is 3. The predicted molar refractivity (Wildman–Crippen MR) is 125 cm³/mol. The zero-order valence-corrected chi connectivity index (χ0v) is 18.8. The van der Waals surface area contributed by atoms with E-state index in [0.717, 1.165) is 36.2 Å². The summed E-state index contributed by atoms with van der Waals surface area (Å²) >= 11 is 0. The quantitative estimate of drug-likeness (QED) is 0.613. The first kappa shape index (κ1) is 24.3. The number of halogens is 3. The van der Waals surface area contributed by atoms with Crippen molar-refractivity contribution in [3.63, 3.8) is 0 Å². The van der Waals surface area contributed by atoms with Gasteiger partial charge in [-0.3, -0.25) is 9.78 Å². The van der Waals surface area contributed by atoms with Gasteiger partial charge in [-0.1, -0.05) is 18.2 Å². The minimum atomic E-state index is -4.77. The monoisotopic (exact) mass is 486 g/mol. The first-order chi connectivity index (χ1) is 16.8. The van der Waals surface area contributed by atoms with Gasteiger partial charge in [0, 0.05) is 31.0 Å². The molecule has 7 nitrogen and oxygen atoms in total. The average molecular weight is 486 g/mol. The summed E-state index contributed by atoms with van der Waals surface area (Å²) in [7, 11) is 0. The molecule has 35 heavy (non-hydrogen) atoms. The van der Waals surface area contributed by atoms with E-state index in [1.165, 1.54) is 12.1 Å². The second-order valence-electron chi connectivity index (χ2n) is 8.33. The van der Waals surface area contributed by atoms with E-state index >= 15 is 0 Å². The van der Waals surface area contributed by atoms with Crippen LogP contribution >= 0.6 is 0 Å². The summed E-state index contributed by atoms with van der Waals surface area (Å²) in [6.45, 7) is 0.982. The molecule has 0 unspecified atom stereocenters. The Kier molecular flexibility index (Phi) is 7.38. The number of benzene rings is 1. The molecule has 1 aromatic carbocycles. The van der Waals surface area contributed by atoms with Crippen LogP contribution in [0.3, 0.4) is 0 Å². The number of piperidine rings is 1. The molecule has 1 fully saturated rings. The number of ether oxygens (including phenoxy) is 1. The molecule has 10 heteroatoms. The molecule has 0 atom stereocenters. The number of nitrogens with one attached hydrogen (secondary N) is 2. The van der Waals surface area contributed by atoms with Crippen molar-refractivity contribution in [2.45, 2.75) is 38.1 Å². The fourth-order valence-corrected chi connectivity index (χ4v) is 4.03. The van der Waals surface area contributed by atoms with Gasteiger partial charge in [-0.2, -0.15) is 0 Å². The maximum absolute atomic E-state index is 12.9. The zero-order chi connectivity index (χ0) is 24.8. The minimum Gasteiger partial charge on any atom is -0.406 e. The molecular weight excluding hydrogens is 461 g/mol. The van der Waals surface area contributed by atoms with Crippen LogP contribution in [0.25, 0.3) is 5.57 Å². The average Bonchev–Trinajstić information content (AvgIpc) is 2.85. The number of likely N-dealkylation sites (tertiary alicyclic amines) is 1. The van der Waals surface area contributed by atoms with Gasteiger partial charge >= 0.3 is 12.4 Å². The lowest BCUT2D eigenvalue weighted by atomic mass is 10.0. The van der Waals surface area contributed by atoms with E-state index in [2.05, 4.69) is 26.4 Å². The highest BCUT2D eigenvalue weighted by Crippen LogP contribution is 2.24.